The molecule has 2 fully saturated rings. The molecule has 47 heavy (non-hydrogen) atoms. The maximum atomic E-state index is 13.5. The first kappa shape index (κ1) is 35.7. The van der Waals surface area contributed by atoms with Gasteiger partial charge in [-0.2, -0.15) is 13.2 Å². The van der Waals surface area contributed by atoms with E-state index in [1.807, 2.05) is 25.3 Å². The van der Waals surface area contributed by atoms with Crippen LogP contribution in [0.5, 0.6) is 11.5 Å². The van der Waals surface area contributed by atoms with Gasteiger partial charge >= 0.3 is 6.18 Å². The SMILES string of the molecule is CNCC(c1cc(C)c(OCC2CC2)c(-c2ccc(F)cc2)n1)C(F)(F)F.CON.Cc1cnc2c(OC3CC3)cc(C=O)cc2c1. The molecule has 2 aliphatic rings. The standard InChI is InChI=1S/C20H22F4N2O.C14H13NO2.CH5NO/c1-12-9-17(16(10-25-2)20(22,23)24)26-18(14-5-7-15(21)8-6-14)19(12)27-11-13-3-4-13;1-9-4-11-5-10(8-16)6-13(14(11)15-7-9)17-12-2-3-12;1-3-2/h5-9,13,16,25H,3-4,10-11H2,1-2H3;4-8,12H,2-3H2,1H3;2H2,1H3. The van der Waals surface area contributed by atoms with Crippen LogP contribution >= 0.6 is 0 Å². The minimum Gasteiger partial charge on any atom is -0.491 e. The number of aryl methyl sites for hydroxylation is 2. The fourth-order valence-corrected chi connectivity index (χ4v) is 4.80. The van der Waals surface area contributed by atoms with E-state index in [1.165, 1.54) is 44.5 Å². The number of ether oxygens (including phenoxy) is 2. The van der Waals surface area contributed by atoms with E-state index in [1.54, 1.807) is 13.0 Å². The molecule has 6 rings (SSSR count). The number of hydrogen-bond donors (Lipinski definition) is 2. The predicted molar refractivity (Wildman–Crippen MR) is 172 cm³/mol. The first-order chi connectivity index (χ1) is 22.5. The highest BCUT2D eigenvalue weighted by molar-refractivity contribution is 5.91. The van der Waals surface area contributed by atoms with E-state index in [9.17, 15) is 22.4 Å². The number of fused-ring (bicyclic) bond motifs is 1. The Morgan fingerprint density at radius 2 is 1.74 bits per heavy atom. The number of alkyl halides is 3. The third-order valence-electron chi connectivity index (χ3n) is 7.48. The van der Waals surface area contributed by atoms with Crippen molar-refractivity contribution in [2.45, 2.75) is 57.7 Å². The number of benzene rings is 2. The molecule has 0 radical (unpaired) electrons. The van der Waals surface area contributed by atoms with E-state index in [-0.39, 0.29) is 12.2 Å². The fourth-order valence-electron chi connectivity index (χ4n) is 4.80. The lowest BCUT2D eigenvalue weighted by Gasteiger charge is -2.22. The van der Waals surface area contributed by atoms with Crippen molar-refractivity contribution in [1.29, 1.82) is 0 Å². The molecule has 3 N–H and O–H groups in total. The highest BCUT2D eigenvalue weighted by Crippen LogP contribution is 2.40. The Kier molecular flexibility index (Phi) is 12.3. The number of nitrogens with two attached hydrogens (primary N) is 1. The lowest BCUT2D eigenvalue weighted by molar-refractivity contribution is -0.150. The van der Waals surface area contributed by atoms with Crippen molar-refractivity contribution in [3.63, 3.8) is 0 Å². The maximum Gasteiger partial charge on any atom is 0.398 e. The van der Waals surface area contributed by atoms with Crippen molar-refractivity contribution >= 4 is 17.2 Å². The number of likely N-dealkylation sites (N-methyl/N-ethyl adjacent to an activating group) is 1. The Morgan fingerprint density at radius 1 is 1.06 bits per heavy atom. The zero-order chi connectivity index (χ0) is 34.1. The van der Waals surface area contributed by atoms with Crippen molar-refractivity contribution in [2.24, 2.45) is 11.8 Å². The molecule has 2 aromatic heterocycles. The summed E-state index contributed by atoms with van der Waals surface area (Å²) in [7, 11) is 2.87. The monoisotopic (exact) mass is 656 g/mol. The number of nitrogens with one attached hydrogen (secondary N) is 1. The van der Waals surface area contributed by atoms with Gasteiger partial charge in [-0.1, -0.05) is 0 Å². The highest BCUT2D eigenvalue weighted by atomic mass is 19.4. The minimum atomic E-state index is -4.43. The topological polar surface area (TPSA) is 109 Å². The summed E-state index contributed by atoms with van der Waals surface area (Å²) < 4.78 is 65.5. The molecule has 0 bridgehead atoms. The van der Waals surface area contributed by atoms with Gasteiger partial charge in [0.1, 0.15) is 40.7 Å². The zero-order valence-electron chi connectivity index (χ0n) is 26.9. The van der Waals surface area contributed by atoms with Crippen molar-refractivity contribution in [2.75, 3.05) is 27.3 Å². The molecular weight excluding hydrogens is 616 g/mol. The number of nitrogens with zero attached hydrogens (tertiary/aromatic N) is 2. The van der Waals surface area contributed by atoms with Gasteiger partial charge in [0.05, 0.1) is 25.5 Å². The molecule has 0 amide bonds. The summed E-state index contributed by atoms with van der Waals surface area (Å²) in [5.74, 6) is 3.86. The number of hydrogen-bond acceptors (Lipinski definition) is 8. The molecule has 0 spiro atoms. The van der Waals surface area contributed by atoms with Crippen molar-refractivity contribution in [1.82, 2.24) is 15.3 Å². The molecule has 2 aliphatic carbocycles. The second-order valence-electron chi connectivity index (χ2n) is 11.7. The maximum absolute atomic E-state index is 13.5. The quantitative estimate of drug-likeness (QED) is 0.104. The molecule has 1 atom stereocenters. The Labute approximate surface area is 271 Å². The molecule has 0 aliphatic heterocycles. The summed E-state index contributed by atoms with van der Waals surface area (Å²) in [6.45, 7) is 3.94. The van der Waals surface area contributed by atoms with Crippen molar-refractivity contribution in [3.05, 3.63) is 82.9 Å². The van der Waals surface area contributed by atoms with E-state index in [4.69, 9.17) is 9.47 Å². The first-order valence-electron chi connectivity index (χ1n) is 15.3. The lowest BCUT2D eigenvalue weighted by Crippen LogP contribution is -2.31. The predicted octanol–water partition coefficient (Wildman–Crippen LogP) is 7.25. The number of carbonyl (C=O) groups excluding carboxylic acids is 1. The Bertz CT molecular complexity index is 1640. The first-order valence-corrected chi connectivity index (χ1v) is 15.3. The number of aldehydes is 1. The van der Waals surface area contributed by atoms with Crippen LogP contribution in [0.1, 0.15) is 58.8 Å². The Balaban J connectivity index is 0.000000213. The number of rotatable bonds is 10. The van der Waals surface area contributed by atoms with E-state index >= 15 is 0 Å². The Hall–Kier alpha value is -4.13. The molecule has 2 heterocycles. The van der Waals surface area contributed by atoms with Gasteiger partial charge in [-0.3, -0.25) is 9.78 Å². The third-order valence-corrected chi connectivity index (χ3v) is 7.48. The van der Waals surface area contributed by atoms with Crippen LogP contribution in [0.25, 0.3) is 22.2 Å². The molecule has 12 heteroatoms. The summed E-state index contributed by atoms with van der Waals surface area (Å²) in [5.41, 5.74) is 3.91. The van der Waals surface area contributed by atoms with Gasteiger partial charge in [-0.15, -0.1) is 0 Å². The molecular formula is C35H40F4N4O4. The third kappa shape index (κ3) is 10.2. The van der Waals surface area contributed by atoms with Crippen LogP contribution in [0.15, 0.2) is 54.7 Å². The van der Waals surface area contributed by atoms with Crippen LogP contribution in [0.2, 0.25) is 0 Å². The zero-order valence-corrected chi connectivity index (χ0v) is 26.9. The van der Waals surface area contributed by atoms with Gasteiger partial charge in [-0.05, 0) is 112 Å². The summed E-state index contributed by atoms with van der Waals surface area (Å²) in [6, 6.07) is 12.6. The molecule has 0 saturated heterocycles. The smallest absolute Gasteiger partial charge is 0.398 e. The van der Waals surface area contributed by atoms with E-state index < -0.39 is 17.9 Å². The van der Waals surface area contributed by atoms with Crippen LogP contribution < -0.4 is 20.7 Å². The van der Waals surface area contributed by atoms with Gasteiger partial charge in [-0.25, -0.2) is 15.3 Å². The van der Waals surface area contributed by atoms with Crippen molar-refractivity contribution < 1.29 is 36.7 Å². The average molecular weight is 657 g/mol. The lowest BCUT2D eigenvalue weighted by atomic mass is 9.99. The van der Waals surface area contributed by atoms with E-state index in [2.05, 4.69) is 26.0 Å². The molecule has 1 unspecified atom stereocenters. The summed E-state index contributed by atoms with van der Waals surface area (Å²) in [5, 5.41) is 3.54. The van der Waals surface area contributed by atoms with Crippen LogP contribution in [0.4, 0.5) is 17.6 Å². The van der Waals surface area contributed by atoms with Crippen LogP contribution in [0.3, 0.4) is 0 Å². The van der Waals surface area contributed by atoms with E-state index in [0.717, 1.165) is 54.2 Å². The van der Waals surface area contributed by atoms with Gasteiger partial charge in [0.25, 0.3) is 0 Å². The fraction of sp³-hybridized carbons (Fsp3) is 0.400. The van der Waals surface area contributed by atoms with Gasteiger partial charge in [0, 0.05) is 29.3 Å². The molecule has 4 aromatic rings. The van der Waals surface area contributed by atoms with Crippen molar-refractivity contribution in [3.8, 4) is 22.8 Å². The van der Waals surface area contributed by atoms with Gasteiger partial charge in [0.15, 0.2) is 0 Å². The number of aromatic nitrogens is 2. The van der Waals surface area contributed by atoms with Gasteiger partial charge in [0.2, 0.25) is 0 Å². The highest BCUT2D eigenvalue weighted by Gasteiger charge is 2.42. The number of halogens is 4. The second-order valence-corrected chi connectivity index (χ2v) is 11.7. The summed E-state index contributed by atoms with van der Waals surface area (Å²) >= 11 is 0. The molecule has 252 valence electrons. The van der Waals surface area contributed by atoms with Crippen LogP contribution in [-0.2, 0) is 4.84 Å². The van der Waals surface area contributed by atoms with Crippen LogP contribution in [-0.4, -0.2) is 55.8 Å². The summed E-state index contributed by atoms with van der Waals surface area (Å²) in [4.78, 5) is 23.4. The van der Waals surface area contributed by atoms with Crippen LogP contribution in [0, 0.1) is 25.6 Å². The second kappa shape index (κ2) is 16.1. The Morgan fingerprint density at radius 3 is 2.32 bits per heavy atom. The van der Waals surface area contributed by atoms with E-state index in [0.29, 0.717) is 46.8 Å². The molecule has 2 aromatic carbocycles. The molecule has 8 nitrogen and oxygen atoms in total. The molecule has 2 saturated carbocycles. The number of pyridine rings is 2. The average Bonchev–Trinajstić information content (AvgIpc) is 3.96. The van der Waals surface area contributed by atoms with Gasteiger partial charge < -0.3 is 19.6 Å². The normalized spacial score (nSPS) is 14.7. The largest absolute Gasteiger partial charge is 0.491 e. The summed E-state index contributed by atoms with van der Waals surface area (Å²) in [6.07, 6.45) is 2.92. The minimum absolute atomic E-state index is 0.0764. The number of carbonyl (C=O) groups is 1.